The van der Waals surface area contributed by atoms with Crippen molar-refractivity contribution in [2.24, 2.45) is 0 Å². The molecule has 2 heterocycles. The zero-order chi connectivity index (χ0) is 23.2. The van der Waals surface area contributed by atoms with E-state index in [0.717, 1.165) is 24.8 Å². The molecule has 1 aromatic heterocycles. The standard InChI is InChI=1S/C25H30N4O4/c1-28(20-9-12-33-13-10-20)25(31)19-14-21-24(22(15-19)27-23(30)16-32-2)29(17-26-21)11-8-18-6-4-3-5-7-18/h3-7,14-15,17,20H,8-13,16H2,1-2H3,(H,27,30). The lowest BCUT2D eigenvalue weighted by atomic mass is 10.1. The first-order chi connectivity index (χ1) is 16.1. The summed E-state index contributed by atoms with van der Waals surface area (Å²) in [6.07, 6.45) is 4.22. The topological polar surface area (TPSA) is 85.7 Å². The molecule has 0 unspecified atom stereocenters. The quantitative estimate of drug-likeness (QED) is 0.570. The molecule has 1 aliphatic heterocycles. The van der Waals surface area contributed by atoms with E-state index in [4.69, 9.17) is 9.47 Å². The lowest BCUT2D eigenvalue weighted by molar-refractivity contribution is -0.119. The predicted molar refractivity (Wildman–Crippen MR) is 126 cm³/mol. The number of fused-ring (bicyclic) bond motifs is 1. The van der Waals surface area contributed by atoms with E-state index in [-0.39, 0.29) is 24.5 Å². The van der Waals surface area contributed by atoms with Crippen molar-refractivity contribution in [1.82, 2.24) is 14.5 Å². The highest BCUT2D eigenvalue weighted by atomic mass is 16.5. The van der Waals surface area contributed by atoms with Gasteiger partial charge in [-0.05, 0) is 37.0 Å². The van der Waals surface area contributed by atoms with Gasteiger partial charge in [-0.1, -0.05) is 30.3 Å². The third kappa shape index (κ3) is 5.40. The van der Waals surface area contributed by atoms with Gasteiger partial charge in [-0.2, -0.15) is 0 Å². The highest BCUT2D eigenvalue weighted by Gasteiger charge is 2.25. The number of aryl methyl sites for hydroxylation is 2. The molecular weight excluding hydrogens is 420 g/mol. The van der Waals surface area contributed by atoms with Crippen molar-refractivity contribution in [3.8, 4) is 0 Å². The summed E-state index contributed by atoms with van der Waals surface area (Å²) >= 11 is 0. The van der Waals surface area contributed by atoms with Crippen LogP contribution < -0.4 is 5.32 Å². The Morgan fingerprint density at radius 3 is 2.70 bits per heavy atom. The molecule has 1 N–H and O–H groups in total. The van der Waals surface area contributed by atoms with Crippen LogP contribution in [0.4, 0.5) is 5.69 Å². The minimum absolute atomic E-state index is 0.0696. The van der Waals surface area contributed by atoms with Crippen LogP contribution >= 0.6 is 0 Å². The summed E-state index contributed by atoms with van der Waals surface area (Å²) in [5.41, 5.74) is 3.73. The van der Waals surface area contributed by atoms with Crippen molar-refractivity contribution in [3.05, 3.63) is 59.9 Å². The summed E-state index contributed by atoms with van der Waals surface area (Å²) in [5, 5.41) is 2.91. The Kier molecular flexibility index (Phi) is 7.36. The number of carbonyl (C=O) groups is 2. The highest BCUT2D eigenvalue weighted by Crippen LogP contribution is 2.27. The van der Waals surface area contributed by atoms with E-state index in [1.807, 2.05) is 29.8 Å². The average molecular weight is 451 g/mol. The van der Waals surface area contributed by atoms with E-state index in [0.29, 0.717) is 36.5 Å². The Balaban J connectivity index is 1.65. The number of hydrogen-bond acceptors (Lipinski definition) is 5. The maximum Gasteiger partial charge on any atom is 0.254 e. The molecule has 8 heteroatoms. The van der Waals surface area contributed by atoms with Crippen molar-refractivity contribution in [2.45, 2.75) is 31.8 Å². The van der Waals surface area contributed by atoms with Crippen molar-refractivity contribution >= 4 is 28.5 Å². The first kappa shape index (κ1) is 22.9. The number of rotatable bonds is 8. The largest absolute Gasteiger partial charge is 0.381 e. The third-order valence-electron chi connectivity index (χ3n) is 6.05. The van der Waals surface area contributed by atoms with Crippen LogP contribution in [0.5, 0.6) is 0 Å². The van der Waals surface area contributed by atoms with Gasteiger partial charge in [0.2, 0.25) is 5.91 Å². The van der Waals surface area contributed by atoms with Gasteiger partial charge in [0.1, 0.15) is 6.61 Å². The van der Waals surface area contributed by atoms with E-state index in [9.17, 15) is 9.59 Å². The molecule has 0 radical (unpaired) electrons. The Morgan fingerprint density at radius 1 is 1.21 bits per heavy atom. The second-order valence-corrected chi connectivity index (χ2v) is 8.31. The number of nitrogens with zero attached hydrogens (tertiary/aromatic N) is 3. The molecule has 174 valence electrons. The van der Waals surface area contributed by atoms with Crippen molar-refractivity contribution in [1.29, 1.82) is 0 Å². The maximum atomic E-state index is 13.3. The molecule has 4 rings (SSSR count). The number of hydrogen-bond donors (Lipinski definition) is 1. The summed E-state index contributed by atoms with van der Waals surface area (Å²) in [6.45, 7) is 1.94. The maximum absolute atomic E-state index is 13.3. The molecule has 0 spiro atoms. The predicted octanol–water partition coefficient (Wildman–Crippen LogP) is 3.11. The van der Waals surface area contributed by atoms with Gasteiger partial charge in [0.05, 0.1) is 23.0 Å². The molecule has 2 aromatic carbocycles. The zero-order valence-electron chi connectivity index (χ0n) is 19.1. The van der Waals surface area contributed by atoms with Gasteiger partial charge in [0, 0.05) is 45.5 Å². The van der Waals surface area contributed by atoms with Crippen molar-refractivity contribution in [2.75, 3.05) is 39.3 Å². The van der Waals surface area contributed by atoms with Crippen LogP contribution in [-0.2, 0) is 27.2 Å². The van der Waals surface area contributed by atoms with E-state index in [1.54, 1.807) is 23.4 Å². The minimum Gasteiger partial charge on any atom is -0.381 e. The number of anilines is 1. The number of methoxy groups -OCH3 is 1. The summed E-state index contributed by atoms with van der Waals surface area (Å²) in [4.78, 5) is 32.0. The Hall–Kier alpha value is -3.23. The molecule has 3 aromatic rings. The van der Waals surface area contributed by atoms with Gasteiger partial charge in [-0.15, -0.1) is 0 Å². The van der Waals surface area contributed by atoms with Crippen LogP contribution in [0.25, 0.3) is 11.0 Å². The van der Waals surface area contributed by atoms with Crippen LogP contribution in [0.2, 0.25) is 0 Å². The zero-order valence-corrected chi connectivity index (χ0v) is 19.1. The Labute approximate surface area is 193 Å². The van der Waals surface area contributed by atoms with E-state index < -0.39 is 0 Å². The molecule has 0 atom stereocenters. The first-order valence-corrected chi connectivity index (χ1v) is 11.2. The second kappa shape index (κ2) is 10.6. The second-order valence-electron chi connectivity index (χ2n) is 8.31. The third-order valence-corrected chi connectivity index (χ3v) is 6.05. The number of carbonyl (C=O) groups excluding carboxylic acids is 2. The number of nitrogens with one attached hydrogen (secondary N) is 1. The van der Waals surface area contributed by atoms with Gasteiger partial charge >= 0.3 is 0 Å². The highest BCUT2D eigenvalue weighted by molar-refractivity contribution is 6.05. The molecule has 2 amide bonds. The molecule has 1 saturated heterocycles. The first-order valence-electron chi connectivity index (χ1n) is 11.2. The van der Waals surface area contributed by atoms with Crippen LogP contribution in [0.15, 0.2) is 48.8 Å². The van der Waals surface area contributed by atoms with Crippen molar-refractivity contribution in [3.63, 3.8) is 0 Å². The van der Waals surface area contributed by atoms with Crippen LogP contribution in [0.3, 0.4) is 0 Å². The van der Waals surface area contributed by atoms with E-state index in [2.05, 4.69) is 22.4 Å². The molecule has 8 nitrogen and oxygen atoms in total. The molecule has 1 aliphatic rings. The monoisotopic (exact) mass is 450 g/mol. The molecule has 0 bridgehead atoms. The number of benzene rings is 2. The van der Waals surface area contributed by atoms with Crippen LogP contribution in [0.1, 0.15) is 28.8 Å². The van der Waals surface area contributed by atoms with Gasteiger partial charge < -0.3 is 24.3 Å². The van der Waals surface area contributed by atoms with Gasteiger partial charge in [-0.25, -0.2) is 4.98 Å². The van der Waals surface area contributed by atoms with Gasteiger partial charge in [-0.3, -0.25) is 9.59 Å². The van der Waals surface area contributed by atoms with E-state index in [1.165, 1.54) is 12.7 Å². The summed E-state index contributed by atoms with van der Waals surface area (Å²) in [6, 6.07) is 13.9. The number of aromatic nitrogens is 2. The lowest BCUT2D eigenvalue weighted by Crippen LogP contribution is -2.40. The minimum atomic E-state index is -0.281. The fourth-order valence-electron chi connectivity index (χ4n) is 4.25. The van der Waals surface area contributed by atoms with Gasteiger partial charge in [0.15, 0.2) is 0 Å². The Morgan fingerprint density at radius 2 is 1.97 bits per heavy atom. The summed E-state index contributed by atoms with van der Waals surface area (Å²) < 4.78 is 12.4. The van der Waals surface area contributed by atoms with Crippen molar-refractivity contribution < 1.29 is 19.1 Å². The molecule has 33 heavy (non-hydrogen) atoms. The fourth-order valence-corrected chi connectivity index (χ4v) is 4.25. The Bertz CT molecular complexity index is 1110. The smallest absolute Gasteiger partial charge is 0.254 e. The van der Waals surface area contributed by atoms with Crippen LogP contribution in [-0.4, -0.2) is 66.3 Å². The average Bonchev–Trinajstić information content (AvgIpc) is 3.26. The molecule has 0 saturated carbocycles. The summed E-state index contributed by atoms with van der Waals surface area (Å²) in [5.74, 6) is -0.373. The normalized spacial score (nSPS) is 14.4. The lowest BCUT2D eigenvalue weighted by Gasteiger charge is -2.31. The van der Waals surface area contributed by atoms with Crippen LogP contribution in [0, 0.1) is 0 Å². The SMILES string of the molecule is COCC(=O)Nc1cc(C(=O)N(C)C2CCOCC2)cc2ncn(CCc3ccccc3)c12. The van der Waals surface area contributed by atoms with Gasteiger partial charge in [0.25, 0.3) is 5.91 Å². The number of ether oxygens (including phenoxy) is 2. The number of imidazole rings is 1. The fraction of sp³-hybridized carbons (Fsp3) is 0.400. The number of amides is 2. The van der Waals surface area contributed by atoms with E-state index >= 15 is 0 Å². The molecular formula is C25H30N4O4. The molecule has 1 fully saturated rings. The summed E-state index contributed by atoms with van der Waals surface area (Å²) in [7, 11) is 3.30. The molecule has 0 aliphatic carbocycles.